The average Bonchev–Trinajstić information content (AvgIpc) is 2.35. The molecular weight excluding hydrogens is 381 g/mol. The van der Waals surface area contributed by atoms with Gasteiger partial charge >= 0.3 is 0 Å². The molecule has 0 spiro atoms. The first kappa shape index (κ1) is 18.7. The van der Waals surface area contributed by atoms with E-state index in [0.29, 0.717) is 18.7 Å². The minimum absolute atomic E-state index is 0.0289. The largest absolute Gasteiger partial charge is 0.352 e. The van der Waals surface area contributed by atoms with E-state index in [1.165, 1.54) is 6.07 Å². The van der Waals surface area contributed by atoms with Crippen molar-refractivity contribution >= 4 is 59.6 Å². The molecule has 0 aliphatic carbocycles. The van der Waals surface area contributed by atoms with E-state index < -0.39 is 30.7 Å². The number of hydrogen-bond acceptors (Lipinski definition) is 4. The van der Waals surface area contributed by atoms with Crippen LogP contribution in [0.25, 0.3) is 0 Å². The van der Waals surface area contributed by atoms with Gasteiger partial charge in [0.2, 0.25) is 0 Å². The molecule has 0 saturated carbocycles. The second-order valence-electron chi connectivity index (χ2n) is 4.09. The normalized spacial score (nSPS) is 13.0. The molecule has 10 heteroatoms. The molecule has 0 aliphatic heterocycles. The molecule has 0 saturated heterocycles. The van der Waals surface area contributed by atoms with E-state index in [2.05, 4.69) is 5.32 Å². The summed E-state index contributed by atoms with van der Waals surface area (Å²) in [5, 5.41) is 2.25. The first-order valence-electron chi connectivity index (χ1n) is 5.65. The lowest BCUT2D eigenvalue weighted by atomic mass is 10.2. The van der Waals surface area contributed by atoms with Crippen LogP contribution in [0, 0.1) is 0 Å². The Hall–Kier alpha value is -0.340. The van der Waals surface area contributed by atoms with Gasteiger partial charge < -0.3 is 5.32 Å². The Labute approximate surface area is 139 Å². The van der Waals surface area contributed by atoms with E-state index >= 15 is 0 Å². The summed E-state index contributed by atoms with van der Waals surface area (Å²) < 4.78 is 33.6. The van der Waals surface area contributed by atoms with Crippen molar-refractivity contribution in [1.82, 2.24) is 5.32 Å². The van der Waals surface area contributed by atoms with Gasteiger partial charge in [-0.3, -0.25) is 9.00 Å². The standard InChI is InChI=1S/C11H12Cl3NO4S2/c1-20(17)4-2-3-15-11(16)7-5-8(12)10(13)9(6-7)21(14,18)19/h5-6H,2-4H2,1H3,(H,15,16). The third-order valence-corrected chi connectivity index (χ3v) is 5.54. The molecule has 1 rings (SSSR count). The number of hydrogen-bond donors (Lipinski definition) is 1. The first-order valence-corrected chi connectivity index (χ1v) is 10.4. The summed E-state index contributed by atoms with van der Waals surface area (Å²) in [5.41, 5.74) is 0.0289. The molecule has 1 unspecified atom stereocenters. The maximum Gasteiger partial charge on any atom is 0.262 e. The van der Waals surface area contributed by atoms with Crippen LogP contribution in [-0.4, -0.2) is 37.1 Å². The van der Waals surface area contributed by atoms with Crippen molar-refractivity contribution < 1.29 is 17.4 Å². The fourth-order valence-corrected chi connectivity index (χ4v) is 3.77. The molecule has 0 bridgehead atoms. The molecule has 1 aromatic carbocycles. The summed E-state index contributed by atoms with van der Waals surface area (Å²) in [5.74, 6) is -0.0554. The number of halogens is 3. The van der Waals surface area contributed by atoms with Crippen molar-refractivity contribution in [2.24, 2.45) is 0 Å². The van der Waals surface area contributed by atoms with Gasteiger partial charge in [-0.05, 0) is 18.6 Å². The van der Waals surface area contributed by atoms with Gasteiger partial charge in [0.05, 0.1) is 10.0 Å². The fourth-order valence-electron chi connectivity index (χ4n) is 1.45. The quantitative estimate of drug-likeness (QED) is 0.595. The Kier molecular flexibility index (Phi) is 6.93. The molecule has 1 atom stereocenters. The van der Waals surface area contributed by atoms with Crippen molar-refractivity contribution in [2.45, 2.75) is 11.3 Å². The molecule has 0 aliphatic rings. The van der Waals surface area contributed by atoms with Gasteiger partial charge in [0.15, 0.2) is 0 Å². The number of carbonyl (C=O) groups excluding carboxylic acids is 1. The second kappa shape index (κ2) is 7.78. The van der Waals surface area contributed by atoms with Gasteiger partial charge in [0.25, 0.3) is 15.0 Å². The van der Waals surface area contributed by atoms with Crippen LogP contribution in [0.5, 0.6) is 0 Å². The zero-order valence-electron chi connectivity index (χ0n) is 10.9. The van der Waals surface area contributed by atoms with Gasteiger partial charge in [-0.1, -0.05) is 23.2 Å². The van der Waals surface area contributed by atoms with Gasteiger partial charge in [-0.15, -0.1) is 0 Å². The van der Waals surface area contributed by atoms with E-state index in [4.69, 9.17) is 33.9 Å². The zero-order chi connectivity index (χ0) is 16.2. The highest BCUT2D eigenvalue weighted by Crippen LogP contribution is 2.32. The lowest BCUT2D eigenvalue weighted by molar-refractivity contribution is 0.0953. The molecule has 1 amide bonds. The van der Waals surface area contributed by atoms with Crippen LogP contribution < -0.4 is 5.32 Å². The van der Waals surface area contributed by atoms with Crippen molar-refractivity contribution in [1.29, 1.82) is 0 Å². The van der Waals surface area contributed by atoms with Crippen LogP contribution in [0.1, 0.15) is 16.8 Å². The van der Waals surface area contributed by atoms with Crippen molar-refractivity contribution in [3.63, 3.8) is 0 Å². The van der Waals surface area contributed by atoms with Crippen LogP contribution in [0.4, 0.5) is 0 Å². The lowest BCUT2D eigenvalue weighted by Crippen LogP contribution is -2.25. The minimum atomic E-state index is -4.11. The highest BCUT2D eigenvalue weighted by Gasteiger charge is 2.20. The van der Waals surface area contributed by atoms with Crippen LogP contribution in [0.3, 0.4) is 0 Å². The maximum absolute atomic E-state index is 11.9. The van der Waals surface area contributed by atoms with E-state index in [1.54, 1.807) is 6.26 Å². The number of benzene rings is 1. The number of carbonyl (C=O) groups is 1. The van der Waals surface area contributed by atoms with Crippen LogP contribution in [0.15, 0.2) is 17.0 Å². The molecule has 1 aromatic rings. The molecular formula is C11H12Cl3NO4S2. The third-order valence-electron chi connectivity index (χ3n) is 2.41. The average molecular weight is 393 g/mol. The Morgan fingerprint density at radius 2 is 1.95 bits per heavy atom. The van der Waals surface area contributed by atoms with Gasteiger partial charge in [-0.2, -0.15) is 0 Å². The maximum atomic E-state index is 11.9. The summed E-state index contributed by atoms with van der Waals surface area (Å²) in [6.07, 6.45) is 2.11. The van der Waals surface area contributed by atoms with Crippen LogP contribution in [0.2, 0.25) is 10.0 Å². The Morgan fingerprint density at radius 3 is 2.48 bits per heavy atom. The highest BCUT2D eigenvalue weighted by molar-refractivity contribution is 8.13. The van der Waals surface area contributed by atoms with Gasteiger partial charge in [-0.25, -0.2) is 8.42 Å². The van der Waals surface area contributed by atoms with Crippen molar-refractivity contribution in [2.75, 3.05) is 18.6 Å². The van der Waals surface area contributed by atoms with E-state index in [-0.39, 0.29) is 15.6 Å². The summed E-state index contributed by atoms with van der Waals surface area (Å²) >= 11 is 11.6. The lowest BCUT2D eigenvalue weighted by Gasteiger charge is -2.08. The Morgan fingerprint density at radius 1 is 1.33 bits per heavy atom. The van der Waals surface area contributed by atoms with E-state index in [0.717, 1.165) is 6.07 Å². The number of nitrogens with one attached hydrogen (secondary N) is 1. The summed E-state index contributed by atoms with van der Waals surface area (Å²) in [6, 6.07) is 2.31. The molecule has 21 heavy (non-hydrogen) atoms. The number of amides is 1. The second-order valence-corrected chi connectivity index (χ2v) is 8.97. The topological polar surface area (TPSA) is 80.3 Å². The van der Waals surface area contributed by atoms with E-state index in [1.807, 2.05) is 0 Å². The van der Waals surface area contributed by atoms with Crippen molar-refractivity contribution in [3.05, 3.63) is 27.7 Å². The molecule has 118 valence electrons. The van der Waals surface area contributed by atoms with Crippen molar-refractivity contribution in [3.8, 4) is 0 Å². The first-order chi connectivity index (χ1) is 9.62. The smallest absolute Gasteiger partial charge is 0.262 e. The predicted octanol–water partition coefficient (Wildman–Crippen LogP) is 2.42. The molecule has 0 fully saturated rings. The SMILES string of the molecule is CS(=O)CCCNC(=O)c1cc(Cl)c(Cl)c(S(=O)(=O)Cl)c1. The zero-order valence-corrected chi connectivity index (χ0v) is 14.8. The molecule has 0 aromatic heterocycles. The summed E-state index contributed by atoms with van der Waals surface area (Å²) in [6.45, 7) is 0.307. The molecule has 1 N–H and O–H groups in total. The fraction of sp³-hybridized carbons (Fsp3) is 0.364. The monoisotopic (exact) mass is 391 g/mol. The Bertz CT molecular complexity index is 676. The van der Waals surface area contributed by atoms with Crippen LogP contribution in [-0.2, 0) is 19.9 Å². The number of rotatable bonds is 6. The predicted molar refractivity (Wildman–Crippen MR) is 85.4 cm³/mol. The molecule has 0 heterocycles. The van der Waals surface area contributed by atoms with Crippen LogP contribution >= 0.6 is 33.9 Å². The van der Waals surface area contributed by atoms with Gasteiger partial charge in [0.1, 0.15) is 4.90 Å². The van der Waals surface area contributed by atoms with Gasteiger partial charge in [0, 0.05) is 45.6 Å². The molecule has 0 radical (unpaired) electrons. The summed E-state index contributed by atoms with van der Waals surface area (Å²) in [7, 11) is 0.191. The minimum Gasteiger partial charge on any atom is -0.352 e. The molecule has 5 nitrogen and oxygen atoms in total. The van der Waals surface area contributed by atoms with E-state index in [9.17, 15) is 17.4 Å². The Balaban J connectivity index is 2.91. The summed E-state index contributed by atoms with van der Waals surface area (Å²) in [4.78, 5) is 11.5. The third kappa shape index (κ3) is 5.75. The highest BCUT2D eigenvalue weighted by atomic mass is 35.7.